The van der Waals surface area contributed by atoms with Gasteiger partial charge in [0.2, 0.25) is 0 Å². The number of hydrogen-bond acceptors (Lipinski definition) is 7. The van der Waals surface area contributed by atoms with Crippen molar-refractivity contribution in [3.63, 3.8) is 0 Å². The van der Waals surface area contributed by atoms with Gasteiger partial charge in [-0.15, -0.1) is 5.10 Å². The van der Waals surface area contributed by atoms with E-state index in [2.05, 4.69) is 20.9 Å². The summed E-state index contributed by atoms with van der Waals surface area (Å²) in [5, 5.41) is 20.6. The van der Waals surface area contributed by atoms with Crippen molar-refractivity contribution in [1.82, 2.24) is 10.2 Å². The summed E-state index contributed by atoms with van der Waals surface area (Å²) in [6.07, 6.45) is 1.47. The van der Waals surface area contributed by atoms with Crippen molar-refractivity contribution >= 4 is 23.1 Å². The van der Waals surface area contributed by atoms with Crippen molar-refractivity contribution in [2.45, 2.75) is 0 Å². The molecule has 2 aromatic rings. The maximum absolute atomic E-state index is 11.9. The lowest BCUT2D eigenvalue weighted by Gasteiger charge is -2.06. The minimum absolute atomic E-state index is 0.0433. The minimum atomic E-state index is -0.598. The Labute approximate surface area is 112 Å². The smallest absolute Gasteiger partial charge is 0.293 e. The summed E-state index contributed by atoms with van der Waals surface area (Å²) in [6, 6.07) is 6.99. The molecule has 0 atom stereocenters. The van der Waals surface area contributed by atoms with E-state index in [1.54, 1.807) is 12.1 Å². The van der Waals surface area contributed by atoms with E-state index in [-0.39, 0.29) is 22.8 Å². The number of nitrogens with zero attached hydrogens (tertiary/aromatic N) is 3. The van der Waals surface area contributed by atoms with Gasteiger partial charge >= 0.3 is 0 Å². The molecule has 102 valence electrons. The molecule has 1 aromatic carbocycles. The fourth-order valence-corrected chi connectivity index (χ4v) is 1.51. The lowest BCUT2D eigenvalue weighted by molar-refractivity contribution is -0.384. The lowest BCUT2D eigenvalue weighted by atomic mass is 10.1. The van der Waals surface area contributed by atoms with Crippen LogP contribution in [0.5, 0.6) is 0 Å². The number of nitrogens with one attached hydrogen (secondary N) is 2. The Hall–Kier alpha value is -3.07. The molecule has 0 aliphatic rings. The molecular formula is C11H10N6O3. The van der Waals surface area contributed by atoms with Crippen LogP contribution in [0.15, 0.2) is 36.5 Å². The molecule has 0 fully saturated rings. The van der Waals surface area contributed by atoms with Gasteiger partial charge in [0.25, 0.3) is 11.6 Å². The molecule has 0 aliphatic carbocycles. The summed E-state index contributed by atoms with van der Waals surface area (Å²) in [5.74, 6) is 5.00. The van der Waals surface area contributed by atoms with E-state index < -0.39 is 10.8 Å². The molecule has 0 aliphatic heterocycles. The molecule has 1 amide bonds. The second kappa shape index (κ2) is 5.71. The molecule has 0 bridgehead atoms. The van der Waals surface area contributed by atoms with Gasteiger partial charge in [-0.25, -0.2) is 0 Å². The Bertz CT molecular complexity index is 646. The lowest BCUT2D eigenvalue weighted by Crippen LogP contribution is -2.15. The second-order valence-electron chi connectivity index (χ2n) is 3.70. The van der Waals surface area contributed by atoms with Crippen LogP contribution in [0, 0.1) is 10.1 Å². The van der Waals surface area contributed by atoms with Crippen molar-refractivity contribution < 1.29 is 9.72 Å². The summed E-state index contributed by atoms with van der Waals surface area (Å²) in [5.41, 5.74) is 2.21. The standard InChI is InChI=1S/C11H10N6O3/c12-15-8-6-7(3-4-9(8)17(19)20)11(18)14-10-2-1-5-13-16-10/h1-6,15H,12H2,(H,14,16,18). The number of nitrogens with two attached hydrogens (primary N) is 1. The van der Waals surface area contributed by atoms with Crippen molar-refractivity contribution in [2.75, 3.05) is 10.7 Å². The number of anilines is 2. The van der Waals surface area contributed by atoms with Gasteiger partial charge in [-0.2, -0.15) is 5.10 Å². The first kappa shape index (κ1) is 13.4. The molecule has 1 aromatic heterocycles. The summed E-state index contributed by atoms with van der Waals surface area (Å²) < 4.78 is 0. The van der Waals surface area contributed by atoms with E-state index in [0.29, 0.717) is 0 Å². The van der Waals surface area contributed by atoms with Crippen molar-refractivity contribution in [2.24, 2.45) is 5.84 Å². The average molecular weight is 274 g/mol. The zero-order valence-corrected chi connectivity index (χ0v) is 10.1. The molecule has 0 radical (unpaired) electrons. The van der Waals surface area contributed by atoms with Crippen LogP contribution in [0.2, 0.25) is 0 Å². The highest BCUT2D eigenvalue weighted by atomic mass is 16.6. The fourth-order valence-electron chi connectivity index (χ4n) is 1.51. The summed E-state index contributed by atoms with van der Waals surface area (Å²) in [6.45, 7) is 0. The van der Waals surface area contributed by atoms with Crippen molar-refractivity contribution in [3.05, 3.63) is 52.2 Å². The van der Waals surface area contributed by atoms with Crippen LogP contribution < -0.4 is 16.6 Å². The molecule has 2 rings (SSSR count). The Balaban J connectivity index is 2.25. The van der Waals surface area contributed by atoms with Crippen LogP contribution >= 0.6 is 0 Å². The number of nitrogen functional groups attached to an aromatic ring is 1. The first-order valence-electron chi connectivity index (χ1n) is 5.46. The maximum Gasteiger partial charge on any atom is 0.293 e. The molecule has 4 N–H and O–H groups in total. The van der Waals surface area contributed by atoms with Crippen LogP contribution in [0.25, 0.3) is 0 Å². The number of amides is 1. The van der Waals surface area contributed by atoms with E-state index in [1.807, 2.05) is 0 Å². The Morgan fingerprint density at radius 2 is 2.15 bits per heavy atom. The molecule has 0 unspecified atom stereocenters. The number of rotatable bonds is 4. The zero-order chi connectivity index (χ0) is 14.5. The van der Waals surface area contributed by atoms with E-state index in [1.165, 1.54) is 24.4 Å². The number of nitro groups is 1. The Kier molecular flexibility index (Phi) is 3.82. The van der Waals surface area contributed by atoms with E-state index in [4.69, 9.17) is 5.84 Å². The number of carbonyl (C=O) groups is 1. The second-order valence-corrected chi connectivity index (χ2v) is 3.70. The number of hydrogen-bond donors (Lipinski definition) is 3. The van der Waals surface area contributed by atoms with Gasteiger partial charge in [0.05, 0.1) is 4.92 Å². The summed E-state index contributed by atoms with van der Waals surface area (Å²) >= 11 is 0. The first-order valence-corrected chi connectivity index (χ1v) is 5.46. The zero-order valence-electron chi connectivity index (χ0n) is 10.1. The maximum atomic E-state index is 11.9. The van der Waals surface area contributed by atoms with Gasteiger partial charge in [-0.3, -0.25) is 20.8 Å². The molecule has 9 heteroatoms. The molecule has 20 heavy (non-hydrogen) atoms. The first-order chi connectivity index (χ1) is 9.61. The third-order valence-corrected chi connectivity index (χ3v) is 2.42. The molecule has 0 spiro atoms. The van der Waals surface area contributed by atoms with Gasteiger partial charge in [-0.05, 0) is 24.3 Å². The average Bonchev–Trinajstić information content (AvgIpc) is 2.47. The number of benzene rings is 1. The van der Waals surface area contributed by atoms with Crippen molar-refractivity contribution in [3.8, 4) is 0 Å². The molecule has 0 saturated heterocycles. The number of carbonyl (C=O) groups excluding carboxylic acids is 1. The summed E-state index contributed by atoms with van der Waals surface area (Å²) in [4.78, 5) is 22.1. The van der Waals surface area contributed by atoms with Gasteiger partial charge in [-0.1, -0.05) is 0 Å². The van der Waals surface area contributed by atoms with Gasteiger partial charge < -0.3 is 10.7 Å². The Morgan fingerprint density at radius 1 is 1.35 bits per heavy atom. The largest absolute Gasteiger partial charge is 0.318 e. The van der Waals surface area contributed by atoms with E-state index in [9.17, 15) is 14.9 Å². The molecule has 9 nitrogen and oxygen atoms in total. The van der Waals surface area contributed by atoms with Crippen molar-refractivity contribution in [1.29, 1.82) is 0 Å². The highest BCUT2D eigenvalue weighted by Crippen LogP contribution is 2.24. The highest BCUT2D eigenvalue weighted by molar-refractivity contribution is 6.04. The van der Waals surface area contributed by atoms with Crippen LogP contribution in [-0.2, 0) is 0 Å². The highest BCUT2D eigenvalue weighted by Gasteiger charge is 2.16. The third-order valence-electron chi connectivity index (χ3n) is 2.42. The van der Waals surface area contributed by atoms with Gasteiger partial charge in [0.1, 0.15) is 5.69 Å². The molecule has 0 saturated carbocycles. The number of nitro benzene ring substituents is 1. The quantitative estimate of drug-likeness (QED) is 0.428. The normalized spacial score (nSPS) is 9.85. The van der Waals surface area contributed by atoms with E-state index in [0.717, 1.165) is 0 Å². The molecule has 1 heterocycles. The Morgan fingerprint density at radius 3 is 2.75 bits per heavy atom. The summed E-state index contributed by atoms with van der Waals surface area (Å²) in [7, 11) is 0. The SMILES string of the molecule is NNc1cc(C(=O)Nc2cccnn2)ccc1[N+](=O)[O-]. The van der Waals surface area contributed by atoms with Crippen LogP contribution in [0.1, 0.15) is 10.4 Å². The van der Waals surface area contributed by atoms with E-state index >= 15 is 0 Å². The predicted molar refractivity (Wildman–Crippen MR) is 70.9 cm³/mol. The van der Waals surface area contributed by atoms with Crippen LogP contribution in [-0.4, -0.2) is 21.0 Å². The van der Waals surface area contributed by atoms with Crippen LogP contribution in [0.3, 0.4) is 0 Å². The molecular weight excluding hydrogens is 264 g/mol. The monoisotopic (exact) mass is 274 g/mol. The number of hydrazine groups is 1. The van der Waals surface area contributed by atoms with Crippen LogP contribution in [0.4, 0.5) is 17.2 Å². The van der Waals surface area contributed by atoms with Gasteiger partial charge in [0.15, 0.2) is 5.82 Å². The minimum Gasteiger partial charge on any atom is -0.318 e. The third kappa shape index (κ3) is 2.84. The van der Waals surface area contributed by atoms with Gasteiger partial charge in [0, 0.05) is 17.8 Å². The topological polar surface area (TPSA) is 136 Å². The fraction of sp³-hybridized carbons (Fsp3) is 0. The number of aromatic nitrogens is 2. The predicted octanol–water partition coefficient (Wildman–Crippen LogP) is 0.923.